The molecule has 6 aliphatic rings. The lowest BCUT2D eigenvalue weighted by Crippen LogP contribution is -2.60. The number of para-hydroxylation sites is 3. The summed E-state index contributed by atoms with van der Waals surface area (Å²) in [6, 6.07) is 94.7. The summed E-state index contributed by atoms with van der Waals surface area (Å²) in [5.74, 6) is 1.64. The van der Waals surface area contributed by atoms with E-state index >= 15 is 0 Å². The Labute approximate surface area is 452 Å². The summed E-state index contributed by atoms with van der Waals surface area (Å²) in [6.45, 7) is 0. The van der Waals surface area contributed by atoms with Crippen LogP contribution in [0.2, 0.25) is 0 Å². The molecule has 2 heteroatoms. The normalized spacial score (nSPS) is 24.9. The van der Waals surface area contributed by atoms with E-state index in [1.807, 2.05) is 0 Å². The largest absolute Gasteiger partial charge is 0.310 e. The third-order valence-corrected chi connectivity index (χ3v) is 20.7. The molecule has 1 aromatic heterocycles. The second-order valence-corrected chi connectivity index (χ2v) is 24.0. The van der Waals surface area contributed by atoms with Crippen LogP contribution in [0.5, 0.6) is 0 Å². The SMILES string of the molecule is c1ccc(N(c2ccc(-n3c4ccccc4c4ccccc43)cc2)c2ccc3c(c2)-c2ccccc2C2CCC34CC3CC5(CCC6CC(C2)(c2ccccc2-c2ccccc26)C54)c2ccccc2-c2ccccc23)cc1. The van der Waals surface area contributed by atoms with Crippen molar-refractivity contribution in [2.45, 2.75) is 85.4 Å². The van der Waals surface area contributed by atoms with Gasteiger partial charge in [0, 0.05) is 49.8 Å². The molecule has 0 saturated heterocycles. The van der Waals surface area contributed by atoms with E-state index < -0.39 is 0 Å². The number of nitrogens with zero attached hydrogens (tertiary/aromatic N) is 2. The van der Waals surface area contributed by atoms with E-state index in [0.29, 0.717) is 23.7 Å². The molecule has 370 valence electrons. The van der Waals surface area contributed by atoms with Crippen LogP contribution in [0, 0.1) is 5.92 Å². The van der Waals surface area contributed by atoms with Gasteiger partial charge in [0.15, 0.2) is 0 Å². The van der Waals surface area contributed by atoms with Crippen molar-refractivity contribution < 1.29 is 0 Å². The van der Waals surface area contributed by atoms with Crippen LogP contribution in [0.15, 0.2) is 243 Å². The second kappa shape index (κ2) is 16.4. The minimum atomic E-state index is -0.135. The van der Waals surface area contributed by atoms with Gasteiger partial charge in [-0.1, -0.05) is 182 Å². The van der Waals surface area contributed by atoms with Gasteiger partial charge in [0.2, 0.25) is 0 Å². The van der Waals surface area contributed by atoms with Crippen LogP contribution in [0.4, 0.5) is 17.1 Å². The maximum atomic E-state index is 2.69. The molecule has 6 aliphatic carbocycles. The molecule has 11 aromatic rings. The number of fused-ring (bicyclic) bond motifs is 19. The van der Waals surface area contributed by atoms with E-state index in [1.165, 1.54) is 105 Å². The first-order valence-electron chi connectivity index (χ1n) is 28.7. The van der Waals surface area contributed by atoms with Gasteiger partial charge in [0.25, 0.3) is 0 Å². The molecule has 0 amide bonds. The van der Waals surface area contributed by atoms with Gasteiger partial charge in [-0.2, -0.15) is 0 Å². The van der Waals surface area contributed by atoms with Gasteiger partial charge in [-0.05, 0) is 202 Å². The van der Waals surface area contributed by atoms with Crippen molar-refractivity contribution in [1.29, 1.82) is 0 Å². The van der Waals surface area contributed by atoms with Gasteiger partial charge in [0.1, 0.15) is 0 Å². The van der Waals surface area contributed by atoms with E-state index in [1.54, 1.807) is 27.8 Å². The first-order valence-corrected chi connectivity index (χ1v) is 28.7. The van der Waals surface area contributed by atoms with Gasteiger partial charge in [-0.25, -0.2) is 0 Å². The topological polar surface area (TPSA) is 8.17 Å². The summed E-state index contributed by atoms with van der Waals surface area (Å²) in [5.41, 5.74) is 25.1. The summed E-state index contributed by atoms with van der Waals surface area (Å²) >= 11 is 0. The predicted octanol–water partition coefficient (Wildman–Crippen LogP) is 19.4. The van der Waals surface area contributed by atoms with Crippen molar-refractivity contribution >= 4 is 38.9 Å². The van der Waals surface area contributed by atoms with Crippen LogP contribution in [0.25, 0.3) is 60.9 Å². The Kier molecular flexibility index (Phi) is 9.37. The molecule has 7 atom stereocenters. The molecule has 0 aliphatic heterocycles. The van der Waals surface area contributed by atoms with E-state index in [4.69, 9.17) is 0 Å². The molecule has 7 unspecified atom stereocenters. The highest BCUT2D eigenvalue weighted by Gasteiger charge is 2.69. The minimum absolute atomic E-state index is 0.0672. The maximum absolute atomic E-state index is 2.69. The van der Waals surface area contributed by atoms with Crippen LogP contribution in [-0.2, 0) is 16.2 Å². The Morgan fingerprint density at radius 2 is 0.740 bits per heavy atom. The molecule has 10 aromatic carbocycles. The molecular weight excluding hydrogens is 929 g/mol. The van der Waals surface area contributed by atoms with Crippen molar-refractivity contribution in [2.24, 2.45) is 5.92 Å². The summed E-state index contributed by atoms with van der Waals surface area (Å²) in [6.07, 6.45) is 9.47. The highest BCUT2D eigenvalue weighted by atomic mass is 15.1. The summed E-state index contributed by atoms with van der Waals surface area (Å²) < 4.78 is 2.43. The van der Waals surface area contributed by atoms with Crippen molar-refractivity contribution in [3.63, 3.8) is 0 Å². The Hall–Kier alpha value is -8.20. The lowest BCUT2D eigenvalue weighted by atomic mass is 9.40. The van der Waals surface area contributed by atoms with Crippen molar-refractivity contribution in [2.75, 3.05) is 4.90 Å². The van der Waals surface area contributed by atoms with Gasteiger partial charge < -0.3 is 9.47 Å². The number of anilines is 3. The average molecular weight is 989 g/mol. The molecule has 1 heterocycles. The highest BCUT2D eigenvalue weighted by Crippen LogP contribution is 2.76. The summed E-state index contributed by atoms with van der Waals surface area (Å²) in [4.78, 5) is 2.52. The lowest BCUT2D eigenvalue weighted by molar-refractivity contribution is 0.00288. The zero-order chi connectivity index (χ0) is 50.5. The standard InChI is InChI=1S/C75H60N2/c1-2-18-52(19-3-1)76(53-34-36-54(37-35-53)77-70-32-16-12-28-64(70)65-29-13-17-33-71(65)77)55-38-39-69-66(44-55)61-25-9-5-21-57(61)50-41-43-74(69)48-51-47-73(67-30-14-10-26-62(67)60-24-8-6-22-58(51)60)42-40-49-45-75(46-50,72(73)74)68-31-15-11-27-63(68)59-23-7-4-20-56(49)59/h1-39,44,49-51,72H,40-43,45-48H2. The molecule has 17 rings (SSSR count). The van der Waals surface area contributed by atoms with Crippen molar-refractivity contribution in [3.8, 4) is 39.1 Å². The van der Waals surface area contributed by atoms with Crippen LogP contribution < -0.4 is 4.90 Å². The Morgan fingerprint density at radius 1 is 0.325 bits per heavy atom. The Balaban J connectivity index is 0.932. The highest BCUT2D eigenvalue weighted by molar-refractivity contribution is 6.09. The molecule has 2 nitrogen and oxygen atoms in total. The number of hydrogen-bond donors (Lipinski definition) is 0. The van der Waals surface area contributed by atoms with Crippen LogP contribution in [0.1, 0.15) is 103 Å². The maximum Gasteiger partial charge on any atom is 0.0541 e. The molecule has 77 heavy (non-hydrogen) atoms. The fourth-order valence-corrected chi connectivity index (χ4v) is 18.4. The van der Waals surface area contributed by atoms with Crippen LogP contribution in [-0.4, -0.2) is 4.57 Å². The number of hydrogen-bond acceptors (Lipinski definition) is 1. The first kappa shape index (κ1) is 44.0. The second-order valence-electron chi connectivity index (χ2n) is 24.0. The third-order valence-electron chi connectivity index (χ3n) is 20.7. The minimum Gasteiger partial charge on any atom is -0.310 e. The number of benzene rings is 10. The van der Waals surface area contributed by atoms with Gasteiger partial charge in [0.05, 0.1) is 11.0 Å². The molecule has 0 N–H and O–H groups in total. The zero-order valence-electron chi connectivity index (χ0n) is 43.5. The van der Waals surface area contributed by atoms with E-state index in [0.717, 1.165) is 29.9 Å². The zero-order valence-corrected chi connectivity index (χ0v) is 43.5. The smallest absolute Gasteiger partial charge is 0.0541 e. The fraction of sp³-hybridized carbons (Fsp3) is 0.200. The van der Waals surface area contributed by atoms with Crippen molar-refractivity contribution in [1.82, 2.24) is 4.57 Å². The molecule has 0 radical (unpaired) electrons. The van der Waals surface area contributed by atoms with E-state index in [2.05, 4.69) is 252 Å². The lowest BCUT2D eigenvalue weighted by Gasteiger charge is -2.63. The molecule has 3 fully saturated rings. The summed E-state index contributed by atoms with van der Waals surface area (Å²) in [5, 5.41) is 2.56. The van der Waals surface area contributed by atoms with E-state index in [-0.39, 0.29) is 16.2 Å². The predicted molar refractivity (Wildman–Crippen MR) is 318 cm³/mol. The number of rotatable bonds is 4. The first-order chi connectivity index (χ1) is 38.1. The molecule has 3 saturated carbocycles. The monoisotopic (exact) mass is 988 g/mol. The van der Waals surface area contributed by atoms with Gasteiger partial charge in [-0.3, -0.25) is 0 Å². The summed E-state index contributed by atoms with van der Waals surface area (Å²) in [7, 11) is 0. The van der Waals surface area contributed by atoms with Gasteiger partial charge >= 0.3 is 0 Å². The molecular formula is C75H60N2. The van der Waals surface area contributed by atoms with Crippen molar-refractivity contribution in [3.05, 3.63) is 276 Å². The fourth-order valence-electron chi connectivity index (χ4n) is 18.4. The van der Waals surface area contributed by atoms with E-state index in [9.17, 15) is 0 Å². The number of aromatic nitrogens is 1. The van der Waals surface area contributed by atoms with Gasteiger partial charge in [-0.15, -0.1) is 0 Å². The quantitative estimate of drug-likeness (QED) is 0.171. The molecule has 6 bridgehead atoms. The Morgan fingerprint density at radius 3 is 1.32 bits per heavy atom. The van der Waals surface area contributed by atoms with Crippen LogP contribution >= 0.6 is 0 Å². The van der Waals surface area contributed by atoms with Crippen LogP contribution in [0.3, 0.4) is 0 Å². The average Bonchev–Trinajstić information content (AvgIpc) is 3.82. The third kappa shape index (κ3) is 6.08. The Bertz CT molecular complexity index is 4130. The molecule has 3 spiro atoms.